The van der Waals surface area contributed by atoms with Gasteiger partial charge in [-0.3, -0.25) is 4.79 Å². The number of aromatic nitrogens is 1. The maximum atomic E-state index is 11.9. The van der Waals surface area contributed by atoms with Crippen molar-refractivity contribution in [2.45, 2.75) is 32.7 Å². The van der Waals surface area contributed by atoms with E-state index >= 15 is 0 Å². The van der Waals surface area contributed by atoms with Gasteiger partial charge in [0.25, 0.3) is 5.56 Å². The van der Waals surface area contributed by atoms with Gasteiger partial charge in [0.15, 0.2) is 0 Å². The first-order valence-electron chi connectivity index (χ1n) is 6.29. The molecular formula is C13H21N3O. The lowest BCUT2D eigenvalue weighted by molar-refractivity contribution is 0.482. The third kappa shape index (κ3) is 2.69. The summed E-state index contributed by atoms with van der Waals surface area (Å²) in [7, 11) is 0. The summed E-state index contributed by atoms with van der Waals surface area (Å²) in [5.74, 6) is 1.21. The SMILES string of the molecule is CC(C)c1ccc(N2CCN[C@H](C)C2)[nH]c1=O. The molecule has 1 aromatic heterocycles. The summed E-state index contributed by atoms with van der Waals surface area (Å²) in [6.07, 6.45) is 0. The van der Waals surface area contributed by atoms with Gasteiger partial charge in [0.2, 0.25) is 0 Å². The standard InChI is InChI=1S/C13H21N3O/c1-9(2)11-4-5-12(15-13(11)17)16-7-6-14-10(3)8-16/h4-5,9-10,14H,6-8H2,1-3H3,(H,15,17)/t10-/m1/s1. The third-order valence-corrected chi connectivity index (χ3v) is 3.26. The maximum Gasteiger partial charge on any atom is 0.252 e. The second-order valence-electron chi connectivity index (χ2n) is 5.08. The van der Waals surface area contributed by atoms with Crippen LogP contribution in [0.4, 0.5) is 5.82 Å². The van der Waals surface area contributed by atoms with Crippen LogP contribution in [-0.4, -0.2) is 30.7 Å². The fourth-order valence-electron chi connectivity index (χ4n) is 2.26. The molecule has 0 unspecified atom stereocenters. The Hall–Kier alpha value is -1.29. The van der Waals surface area contributed by atoms with Crippen LogP contribution in [0, 0.1) is 0 Å². The monoisotopic (exact) mass is 235 g/mol. The number of aromatic amines is 1. The van der Waals surface area contributed by atoms with E-state index in [1.165, 1.54) is 0 Å². The molecule has 0 spiro atoms. The van der Waals surface area contributed by atoms with Gasteiger partial charge in [0.1, 0.15) is 5.82 Å². The average molecular weight is 235 g/mol. The minimum Gasteiger partial charge on any atom is -0.355 e. The van der Waals surface area contributed by atoms with E-state index in [4.69, 9.17) is 0 Å². The predicted octanol–water partition coefficient (Wildman–Crippen LogP) is 1.30. The molecule has 1 aliphatic heterocycles. The highest BCUT2D eigenvalue weighted by Gasteiger charge is 2.17. The Labute approximate surface area is 102 Å². The first-order chi connectivity index (χ1) is 8.08. The van der Waals surface area contributed by atoms with Gasteiger partial charge in [-0.15, -0.1) is 0 Å². The number of hydrogen-bond donors (Lipinski definition) is 2. The van der Waals surface area contributed by atoms with E-state index in [9.17, 15) is 4.79 Å². The van der Waals surface area contributed by atoms with E-state index < -0.39 is 0 Å². The Balaban J connectivity index is 2.22. The highest BCUT2D eigenvalue weighted by atomic mass is 16.1. The smallest absolute Gasteiger partial charge is 0.252 e. The van der Waals surface area contributed by atoms with Gasteiger partial charge in [-0.1, -0.05) is 13.8 Å². The number of anilines is 1. The van der Waals surface area contributed by atoms with Crippen LogP contribution < -0.4 is 15.8 Å². The third-order valence-electron chi connectivity index (χ3n) is 3.26. The highest BCUT2D eigenvalue weighted by Crippen LogP contribution is 2.14. The van der Waals surface area contributed by atoms with Gasteiger partial charge < -0.3 is 15.2 Å². The van der Waals surface area contributed by atoms with Crippen LogP contribution in [0.25, 0.3) is 0 Å². The lowest BCUT2D eigenvalue weighted by Gasteiger charge is -2.33. The Kier molecular flexibility index (Phi) is 3.52. The molecule has 2 N–H and O–H groups in total. The first-order valence-corrected chi connectivity index (χ1v) is 6.29. The Bertz CT molecular complexity index is 439. The lowest BCUT2D eigenvalue weighted by Crippen LogP contribution is -2.49. The molecule has 1 atom stereocenters. The van der Waals surface area contributed by atoms with Crippen molar-refractivity contribution < 1.29 is 0 Å². The maximum absolute atomic E-state index is 11.9. The van der Waals surface area contributed by atoms with Crippen LogP contribution in [0.5, 0.6) is 0 Å². The van der Waals surface area contributed by atoms with Crippen LogP contribution >= 0.6 is 0 Å². The quantitative estimate of drug-likeness (QED) is 0.812. The largest absolute Gasteiger partial charge is 0.355 e. The van der Waals surface area contributed by atoms with Gasteiger partial charge in [-0.2, -0.15) is 0 Å². The summed E-state index contributed by atoms with van der Waals surface area (Å²) in [5, 5.41) is 3.39. The number of piperazine rings is 1. The molecule has 0 amide bonds. The summed E-state index contributed by atoms with van der Waals surface area (Å²) < 4.78 is 0. The molecule has 0 radical (unpaired) electrons. The molecule has 0 aliphatic carbocycles. The van der Waals surface area contributed by atoms with Crippen molar-refractivity contribution in [1.29, 1.82) is 0 Å². The van der Waals surface area contributed by atoms with Gasteiger partial charge in [0.05, 0.1) is 0 Å². The predicted molar refractivity (Wildman–Crippen MR) is 70.8 cm³/mol. The fourth-order valence-corrected chi connectivity index (χ4v) is 2.26. The van der Waals surface area contributed by atoms with Crippen molar-refractivity contribution in [2.24, 2.45) is 0 Å². The van der Waals surface area contributed by atoms with E-state index in [1.807, 2.05) is 26.0 Å². The van der Waals surface area contributed by atoms with Crippen molar-refractivity contribution in [3.63, 3.8) is 0 Å². The van der Waals surface area contributed by atoms with Crippen molar-refractivity contribution in [3.05, 3.63) is 28.0 Å². The molecule has 0 saturated carbocycles. The number of nitrogens with zero attached hydrogens (tertiary/aromatic N) is 1. The molecule has 94 valence electrons. The van der Waals surface area contributed by atoms with Crippen molar-refractivity contribution in [1.82, 2.24) is 10.3 Å². The van der Waals surface area contributed by atoms with Crippen molar-refractivity contribution >= 4 is 5.82 Å². The molecule has 2 rings (SSSR count). The van der Waals surface area contributed by atoms with Crippen molar-refractivity contribution in [3.8, 4) is 0 Å². The normalized spacial score (nSPS) is 20.9. The van der Waals surface area contributed by atoms with Crippen LogP contribution in [0.3, 0.4) is 0 Å². The molecule has 1 aliphatic rings. The Morgan fingerprint density at radius 2 is 2.18 bits per heavy atom. The molecule has 4 heteroatoms. The fraction of sp³-hybridized carbons (Fsp3) is 0.615. The van der Waals surface area contributed by atoms with E-state index in [2.05, 4.69) is 22.1 Å². The molecule has 1 fully saturated rings. The molecule has 1 aromatic rings. The number of H-pyrrole nitrogens is 1. The van der Waals surface area contributed by atoms with E-state index in [0.29, 0.717) is 6.04 Å². The Morgan fingerprint density at radius 1 is 1.41 bits per heavy atom. The Morgan fingerprint density at radius 3 is 2.76 bits per heavy atom. The van der Waals surface area contributed by atoms with E-state index in [1.54, 1.807) is 0 Å². The molecule has 2 heterocycles. The van der Waals surface area contributed by atoms with Gasteiger partial charge >= 0.3 is 0 Å². The van der Waals surface area contributed by atoms with Crippen LogP contribution in [0.15, 0.2) is 16.9 Å². The zero-order chi connectivity index (χ0) is 12.4. The van der Waals surface area contributed by atoms with Crippen LogP contribution in [-0.2, 0) is 0 Å². The van der Waals surface area contributed by atoms with Crippen LogP contribution in [0.1, 0.15) is 32.3 Å². The number of pyridine rings is 1. The van der Waals surface area contributed by atoms with Crippen molar-refractivity contribution in [2.75, 3.05) is 24.5 Å². The molecule has 0 aromatic carbocycles. The topological polar surface area (TPSA) is 48.1 Å². The summed E-state index contributed by atoms with van der Waals surface area (Å²) in [6.45, 7) is 9.09. The van der Waals surface area contributed by atoms with Gasteiger partial charge in [0, 0.05) is 31.2 Å². The minimum absolute atomic E-state index is 0.0451. The second-order valence-corrected chi connectivity index (χ2v) is 5.08. The van der Waals surface area contributed by atoms with Gasteiger partial charge in [-0.25, -0.2) is 0 Å². The number of hydrogen-bond acceptors (Lipinski definition) is 3. The first kappa shape index (κ1) is 12.2. The molecule has 1 saturated heterocycles. The second kappa shape index (κ2) is 4.92. The highest BCUT2D eigenvalue weighted by molar-refractivity contribution is 5.40. The zero-order valence-corrected chi connectivity index (χ0v) is 10.8. The summed E-state index contributed by atoms with van der Waals surface area (Å²) in [6, 6.07) is 4.44. The van der Waals surface area contributed by atoms with Gasteiger partial charge in [-0.05, 0) is 25.0 Å². The van der Waals surface area contributed by atoms with Crippen LogP contribution in [0.2, 0.25) is 0 Å². The summed E-state index contributed by atoms with van der Waals surface area (Å²) >= 11 is 0. The summed E-state index contributed by atoms with van der Waals surface area (Å²) in [4.78, 5) is 17.1. The van der Waals surface area contributed by atoms with E-state index in [-0.39, 0.29) is 11.5 Å². The minimum atomic E-state index is 0.0451. The number of rotatable bonds is 2. The summed E-state index contributed by atoms with van der Waals surface area (Å²) in [5.41, 5.74) is 0.903. The zero-order valence-electron chi connectivity index (χ0n) is 10.8. The lowest BCUT2D eigenvalue weighted by atomic mass is 10.1. The molecule has 4 nitrogen and oxygen atoms in total. The average Bonchev–Trinajstić information content (AvgIpc) is 2.28. The number of nitrogens with one attached hydrogen (secondary N) is 2. The molecule has 0 bridgehead atoms. The molecular weight excluding hydrogens is 214 g/mol. The molecule has 17 heavy (non-hydrogen) atoms. The van der Waals surface area contributed by atoms with E-state index in [0.717, 1.165) is 31.0 Å².